The summed E-state index contributed by atoms with van der Waals surface area (Å²) in [7, 11) is 0. The molecule has 0 radical (unpaired) electrons. The predicted octanol–water partition coefficient (Wildman–Crippen LogP) is -2.86. The third kappa shape index (κ3) is 7.01. The van der Waals surface area contributed by atoms with Crippen molar-refractivity contribution in [3.8, 4) is 0 Å². The normalized spacial score (nSPS) is 13.5. The Bertz CT molecular complexity index is 318. The molecule has 96 valence electrons. The number of carbonyl (C=O) groups is 4. The molecule has 3 amide bonds. The molecule has 0 aromatic rings. The van der Waals surface area contributed by atoms with Gasteiger partial charge in [0, 0.05) is 6.42 Å². The summed E-state index contributed by atoms with van der Waals surface area (Å²) in [4.78, 5) is 43.0. The van der Waals surface area contributed by atoms with Crippen molar-refractivity contribution in [3.63, 3.8) is 0 Å². The van der Waals surface area contributed by atoms with Crippen molar-refractivity contribution in [1.29, 1.82) is 0 Å². The van der Waals surface area contributed by atoms with Gasteiger partial charge in [-0.2, -0.15) is 0 Å². The number of hydrogen-bond donors (Lipinski definition) is 4. The van der Waals surface area contributed by atoms with Crippen LogP contribution < -0.4 is 22.5 Å². The average Bonchev–Trinajstić information content (AvgIpc) is 2.23. The molecule has 0 aromatic carbocycles. The van der Waals surface area contributed by atoms with Gasteiger partial charge in [-0.25, -0.2) is 0 Å². The second-order valence-corrected chi connectivity index (χ2v) is 3.53. The molecule has 0 unspecified atom stereocenters. The zero-order chi connectivity index (χ0) is 13.4. The number of primary amides is 2. The molecule has 0 heterocycles. The topological polar surface area (TPSA) is 158 Å². The minimum Gasteiger partial charge on any atom is -0.370 e. The number of nitrogens with two attached hydrogens (primary N) is 3. The summed E-state index contributed by atoms with van der Waals surface area (Å²) in [6.07, 6.45) is 0.140. The monoisotopic (exact) mass is 244 g/mol. The molecule has 17 heavy (non-hydrogen) atoms. The van der Waals surface area contributed by atoms with E-state index >= 15 is 0 Å². The highest BCUT2D eigenvalue weighted by atomic mass is 16.2. The Labute approximate surface area is 97.9 Å². The molecule has 0 aliphatic heterocycles. The Morgan fingerprint density at radius 1 is 1.18 bits per heavy atom. The highest BCUT2D eigenvalue weighted by Crippen LogP contribution is 1.96. The zero-order valence-electron chi connectivity index (χ0n) is 9.22. The van der Waals surface area contributed by atoms with Crippen molar-refractivity contribution in [2.75, 3.05) is 0 Å². The fourth-order valence-electron chi connectivity index (χ4n) is 1.07. The lowest BCUT2D eigenvalue weighted by molar-refractivity contribution is -0.126. The molecule has 0 aliphatic rings. The van der Waals surface area contributed by atoms with Crippen molar-refractivity contribution in [2.45, 2.75) is 31.3 Å². The first-order chi connectivity index (χ1) is 7.86. The largest absolute Gasteiger partial charge is 0.370 e. The third-order valence-electron chi connectivity index (χ3n) is 1.95. The molecular formula is C9H16N4O4. The lowest BCUT2D eigenvalue weighted by atomic mass is 10.1. The van der Waals surface area contributed by atoms with Gasteiger partial charge in [0.15, 0.2) is 0 Å². The molecule has 0 rings (SSSR count). The minimum atomic E-state index is -1.00. The average molecular weight is 244 g/mol. The second kappa shape index (κ2) is 7.34. The van der Waals surface area contributed by atoms with Gasteiger partial charge in [0.2, 0.25) is 17.7 Å². The summed E-state index contributed by atoms with van der Waals surface area (Å²) in [5.74, 6) is -1.92. The van der Waals surface area contributed by atoms with E-state index in [9.17, 15) is 19.2 Å². The molecule has 0 aromatic heterocycles. The molecule has 8 nitrogen and oxygen atoms in total. The Morgan fingerprint density at radius 3 is 2.18 bits per heavy atom. The molecule has 0 saturated heterocycles. The fourth-order valence-corrected chi connectivity index (χ4v) is 1.07. The van der Waals surface area contributed by atoms with E-state index in [1.807, 2.05) is 0 Å². The quantitative estimate of drug-likeness (QED) is 0.337. The van der Waals surface area contributed by atoms with Crippen molar-refractivity contribution in [2.24, 2.45) is 17.2 Å². The molecule has 2 atom stereocenters. The number of amides is 3. The van der Waals surface area contributed by atoms with E-state index in [1.54, 1.807) is 0 Å². The van der Waals surface area contributed by atoms with Crippen molar-refractivity contribution < 1.29 is 19.2 Å². The molecular weight excluding hydrogens is 228 g/mol. The Hall–Kier alpha value is -1.96. The molecule has 0 bridgehead atoms. The first-order valence-corrected chi connectivity index (χ1v) is 4.94. The molecule has 0 saturated carbocycles. The van der Waals surface area contributed by atoms with Gasteiger partial charge >= 0.3 is 0 Å². The Kier molecular flexibility index (Phi) is 6.49. The standard InChI is InChI=1S/C9H16N4O4/c10-6(1-2-7(11)15)9(17)13-5(4-14)3-8(12)16/h4-6H,1-3,10H2,(H2,11,15)(H2,12,16)(H,13,17)/t5-,6-/m0/s1. The van der Waals surface area contributed by atoms with Crippen LogP contribution in [0.5, 0.6) is 0 Å². The van der Waals surface area contributed by atoms with Crippen molar-refractivity contribution >= 4 is 24.0 Å². The van der Waals surface area contributed by atoms with Crippen LogP contribution in [-0.2, 0) is 19.2 Å². The fraction of sp³-hybridized carbons (Fsp3) is 0.556. The molecule has 8 heteroatoms. The SMILES string of the molecule is NC(=O)CC[C@H](N)C(=O)N[C@H](C=O)CC(N)=O. The summed E-state index contributed by atoms with van der Waals surface area (Å²) in [5, 5.41) is 2.24. The van der Waals surface area contributed by atoms with Gasteiger partial charge in [0.25, 0.3) is 0 Å². The smallest absolute Gasteiger partial charge is 0.237 e. The molecule has 7 N–H and O–H groups in total. The third-order valence-corrected chi connectivity index (χ3v) is 1.95. The highest BCUT2D eigenvalue weighted by Gasteiger charge is 2.19. The summed E-state index contributed by atoms with van der Waals surface area (Å²) >= 11 is 0. The van der Waals surface area contributed by atoms with Gasteiger partial charge in [0.1, 0.15) is 6.29 Å². The lowest BCUT2D eigenvalue weighted by Crippen LogP contribution is -2.47. The number of rotatable bonds is 8. The van der Waals surface area contributed by atoms with Crippen LogP contribution in [-0.4, -0.2) is 36.1 Å². The first-order valence-electron chi connectivity index (χ1n) is 4.94. The van der Waals surface area contributed by atoms with Crippen LogP contribution >= 0.6 is 0 Å². The second-order valence-electron chi connectivity index (χ2n) is 3.53. The van der Waals surface area contributed by atoms with Crippen LogP contribution in [0.1, 0.15) is 19.3 Å². The van der Waals surface area contributed by atoms with Gasteiger partial charge in [-0.3, -0.25) is 14.4 Å². The van der Waals surface area contributed by atoms with Crippen LogP contribution in [0.2, 0.25) is 0 Å². The van der Waals surface area contributed by atoms with E-state index in [2.05, 4.69) is 5.32 Å². The number of hydrogen-bond acceptors (Lipinski definition) is 5. The van der Waals surface area contributed by atoms with E-state index in [1.165, 1.54) is 0 Å². The summed E-state index contributed by atoms with van der Waals surface area (Å²) in [6, 6.07) is -1.96. The summed E-state index contributed by atoms with van der Waals surface area (Å²) in [5.41, 5.74) is 15.2. The zero-order valence-corrected chi connectivity index (χ0v) is 9.22. The minimum absolute atomic E-state index is 0.0316. The molecule has 0 fully saturated rings. The van der Waals surface area contributed by atoms with Crippen LogP contribution in [0, 0.1) is 0 Å². The van der Waals surface area contributed by atoms with Gasteiger partial charge < -0.3 is 27.3 Å². The maximum absolute atomic E-state index is 11.4. The van der Waals surface area contributed by atoms with E-state index in [0.717, 1.165) is 0 Å². The van der Waals surface area contributed by atoms with Crippen LogP contribution in [0.15, 0.2) is 0 Å². The maximum Gasteiger partial charge on any atom is 0.237 e. The predicted molar refractivity (Wildman–Crippen MR) is 58.2 cm³/mol. The Balaban J connectivity index is 4.16. The number of aldehydes is 1. The van der Waals surface area contributed by atoms with Crippen LogP contribution in [0.3, 0.4) is 0 Å². The first kappa shape index (κ1) is 15.0. The van der Waals surface area contributed by atoms with Gasteiger partial charge in [-0.1, -0.05) is 0 Å². The number of carbonyl (C=O) groups excluding carboxylic acids is 4. The van der Waals surface area contributed by atoms with Crippen LogP contribution in [0.4, 0.5) is 0 Å². The van der Waals surface area contributed by atoms with E-state index in [-0.39, 0.29) is 19.3 Å². The van der Waals surface area contributed by atoms with E-state index in [4.69, 9.17) is 17.2 Å². The summed E-state index contributed by atoms with van der Waals surface area (Å²) in [6.45, 7) is 0. The van der Waals surface area contributed by atoms with Crippen LogP contribution in [0.25, 0.3) is 0 Å². The van der Waals surface area contributed by atoms with Crippen molar-refractivity contribution in [1.82, 2.24) is 5.32 Å². The molecule has 0 spiro atoms. The van der Waals surface area contributed by atoms with Gasteiger partial charge in [0.05, 0.1) is 18.5 Å². The lowest BCUT2D eigenvalue weighted by Gasteiger charge is -2.15. The highest BCUT2D eigenvalue weighted by molar-refractivity contribution is 5.87. The van der Waals surface area contributed by atoms with E-state index < -0.39 is 29.8 Å². The number of nitrogens with one attached hydrogen (secondary N) is 1. The molecule has 0 aliphatic carbocycles. The van der Waals surface area contributed by atoms with Gasteiger partial charge in [-0.15, -0.1) is 0 Å². The van der Waals surface area contributed by atoms with E-state index in [0.29, 0.717) is 6.29 Å². The van der Waals surface area contributed by atoms with Crippen molar-refractivity contribution in [3.05, 3.63) is 0 Å². The Morgan fingerprint density at radius 2 is 1.76 bits per heavy atom. The van der Waals surface area contributed by atoms with Gasteiger partial charge in [-0.05, 0) is 6.42 Å². The summed E-state index contributed by atoms with van der Waals surface area (Å²) < 4.78 is 0. The maximum atomic E-state index is 11.4.